The molecule has 0 radical (unpaired) electrons. The number of ether oxygens (including phenoxy) is 6. The van der Waals surface area contributed by atoms with Crippen molar-refractivity contribution in [3.05, 3.63) is 66.2 Å². The minimum atomic E-state index is -5.01. The van der Waals surface area contributed by atoms with E-state index in [0.29, 0.717) is 0 Å². The average molecular weight is 606 g/mol. The molecule has 2 aliphatic heterocycles. The Labute approximate surface area is 231 Å². The maximum absolute atomic E-state index is 13.4. The summed E-state index contributed by atoms with van der Waals surface area (Å²) in [7, 11) is 0.273. The van der Waals surface area contributed by atoms with Gasteiger partial charge in [-0.25, -0.2) is 14.2 Å². The molecule has 2 saturated heterocycles. The molecule has 2 aliphatic rings. The first-order valence-corrected chi connectivity index (χ1v) is 13.7. The minimum absolute atomic E-state index is 0.129. The molecule has 0 aromatic carbocycles. The molecule has 8 atom stereocenters. The zero-order chi connectivity index (χ0) is 29.9. The van der Waals surface area contributed by atoms with E-state index < -0.39 is 79.4 Å². The molecule has 228 valence electrons. The van der Waals surface area contributed by atoms with E-state index >= 15 is 0 Å². The fourth-order valence-corrected chi connectivity index (χ4v) is 5.98. The van der Waals surface area contributed by atoms with E-state index in [9.17, 15) is 28.6 Å². The molecule has 2 aromatic heterocycles. The van der Waals surface area contributed by atoms with Crippen LogP contribution in [0.25, 0.3) is 0 Å². The number of phosphoric ester groups is 1. The standard InChI is InChI=1S/C22H31N4O14P/c1-33-9-11-15(17(35-3)19(37-11)25-7-5-13(27)23-21(25)29)39-41(31,32)40-16-12(10-34-2)38-20(18(16)36-4)26-8-6-14(28)24-22(26)30/h5-8,11-12,15-20H,9-10H2,1-4H3,(H,31,32)(H,23,27,29)(H,24,28,30)/t11-,12-,15-,16-,17-,18-,19-,20-/m1/s1. The van der Waals surface area contributed by atoms with Crippen molar-refractivity contribution in [2.75, 3.05) is 41.7 Å². The number of methoxy groups -OCH3 is 4. The van der Waals surface area contributed by atoms with E-state index in [4.69, 9.17) is 37.5 Å². The maximum Gasteiger partial charge on any atom is 0.473 e. The van der Waals surface area contributed by atoms with Crippen LogP contribution in [0.1, 0.15) is 12.5 Å². The Balaban J connectivity index is 1.61. The smallest absolute Gasteiger partial charge is 0.382 e. The number of aromatic nitrogens is 4. The lowest BCUT2D eigenvalue weighted by Gasteiger charge is -2.28. The number of rotatable bonds is 12. The van der Waals surface area contributed by atoms with Crippen molar-refractivity contribution in [2.45, 2.75) is 49.1 Å². The fraction of sp³-hybridized carbons (Fsp3) is 0.636. The van der Waals surface area contributed by atoms with Gasteiger partial charge in [0.2, 0.25) is 0 Å². The lowest BCUT2D eigenvalue weighted by atomic mass is 10.1. The maximum atomic E-state index is 13.4. The van der Waals surface area contributed by atoms with Crippen molar-refractivity contribution in [3.8, 4) is 0 Å². The third-order valence-electron chi connectivity index (χ3n) is 6.54. The van der Waals surface area contributed by atoms with Crippen LogP contribution in [0.2, 0.25) is 0 Å². The van der Waals surface area contributed by atoms with Gasteiger partial charge in [-0.2, -0.15) is 0 Å². The van der Waals surface area contributed by atoms with Gasteiger partial charge in [0.25, 0.3) is 11.1 Å². The quantitative estimate of drug-likeness (QED) is 0.224. The van der Waals surface area contributed by atoms with Crippen molar-refractivity contribution < 1.29 is 46.9 Å². The van der Waals surface area contributed by atoms with E-state index in [1.807, 2.05) is 0 Å². The molecule has 0 saturated carbocycles. The molecule has 18 nitrogen and oxygen atoms in total. The first-order chi connectivity index (χ1) is 19.5. The Morgan fingerprint density at radius 2 is 1.15 bits per heavy atom. The number of hydrogen-bond acceptors (Lipinski definition) is 13. The number of hydrogen-bond donors (Lipinski definition) is 3. The predicted octanol–water partition coefficient (Wildman–Crippen LogP) is -1.92. The normalized spacial score (nSPS) is 31.3. The van der Waals surface area contributed by atoms with Gasteiger partial charge in [0.1, 0.15) is 36.6 Å². The van der Waals surface area contributed by atoms with Crippen LogP contribution < -0.4 is 22.5 Å². The van der Waals surface area contributed by atoms with E-state index in [2.05, 4.69) is 9.97 Å². The molecule has 0 spiro atoms. The second kappa shape index (κ2) is 13.0. The third-order valence-corrected chi connectivity index (χ3v) is 7.56. The molecule has 4 rings (SSSR count). The topological polar surface area (TPSA) is 221 Å². The summed E-state index contributed by atoms with van der Waals surface area (Å²) in [5.74, 6) is 0. The molecule has 4 heterocycles. The van der Waals surface area contributed by atoms with Gasteiger partial charge >= 0.3 is 19.2 Å². The van der Waals surface area contributed by atoms with Crippen LogP contribution in [-0.2, 0) is 42.0 Å². The third kappa shape index (κ3) is 6.67. The molecule has 0 bridgehead atoms. The Hall–Kier alpha value is -2.77. The van der Waals surface area contributed by atoms with Crippen LogP contribution in [0.15, 0.2) is 43.7 Å². The summed E-state index contributed by atoms with van der Waals surface area (Å²) in [6.07, 6.45) is -6.88. The van der Waals surface area contributed by atoms with Crippen LogP contribution in [-0.4, -0.2) is 102 Å². The summed E-state index contributed by atoms with van der Waals surface area (Å²) in [6, 6.07) is 2.20. The highest BCUT2D eigenvalue weighted by molar-refractivity contribution is 7.47. The highest BCUT2D eigenvalue weighted by Gasteiger charge is 2.54. The van der Waals surface area contributed by atoms with Gasteiger partial charge in [0.15, 0.2) is 12.5 Å². The molecule has 0 aliphatic carbocycles. The van der Waals surface area contributed by atoms with Crippen molar-refractivity contribution in [1.82, 2.24) is 19.1 Å². The second-order valence-corrected chi connectivity index (χ2v) is 10.4. The number of nitrogens with one attached hydrogen (secondary N) is 2. The summed E-state index contributed by atoms with van der Waals surface area (Å²) < 4.78 is 59.7. The molecular weight excluding hydrogens is 575 g/mol. The lowest BCUT2D eigenvalue weighted by molar-refractivity contribution is -0.0677. The number of phosphoric acid groups is 1. The van der Waals surface area contributed by atoms with Crippen molar-refractivity contribution in [3.63, 3.8) is 0 Å². The van der Waals surface area contributed by atoms with E-state index in [0.717, 1.165) is 21.3 Å². The van der Waals surface area contributed by atoms with Gasteiger partial charge in [-0.15, -0.1) is 0 Å². The molecule has 0 unspecified atom stereocenters. The summed E-state index contributed by atoms with van der Waals surface area (Å²) in [6.45, 7) is -0.258. The van der Waals surface area contributed by atoms with Crippen LogP contribution >= 0.6 is 7.82 Å². The lowest BCUT2D eigenvalue weighted by Crippen LogP contribution is -2.41. The van der Waals surface area contributed by atoms with Gasteiger partial charge in [-0.1, -0.05) is 0 Å². The molecule has 2 aromatic rings. The number of nitrogens with zero attached hydrogens (tertiary/aromatic N) is 2. The molecule has 0 amide bonds. The Morgan fingerprint density at radius 1 is 0.756 bits per heavy atom. The van der Waals surface area contributed by atoms with Crippen molar-refractivity contribution >= 4 is 7.82 Å². The highest BCUT2D eigenvalue weighted by atomic mass is 31.2. The first kappa shape index (κ1) is 31.2. The van der Waals surface area contributed by atoms with Gasteiger partial charge in [-0.05, 0) is 0 Å². The first-order valence-electron chi connectivity index (χ1n) is 12.2. The predicted molar refractivity (Wildman–Crippen MR) is 135 cm³/mol. The van der Waals surface area contributed by atoms with E-state index in [-0.39, 0.29) is 13.2 Å². The van der Waals surface area contributed by atoms with Crippen molar-refractivity contribution in [1.29, 1.82) is 0 Å². The molecular formula is C22H31N4O14P. The highest BCUT2D eigenvalue weighted by Crippen LogP contribution is 2.52. The second-order valence-electron chi connectivity index (χ2n) is 9.08. The van der Waals surface area contributed by atoms with Crippen molar-refractivity contribution in [2.24, 2.45) is 0 Å². The van der Waals surface area contributed by atoms with Gasteiger partial charge in [0, 0.05) is 53.0 Å². The largest absolute Gasteiger partial charge is 0.473 e. The van der Waals surface area contributed by atoms with Crippen LogP contribution in [0.5, 0.6) is 0 Å². The van der Waals surface area contributed by atoms with Crippen LogP contribution in [0.4, 0.5) is 0 Å². The van der Waals surface area contributed by atoms with E-state index in [1.54, 1.807) is 0 Å². The SMILES string of the molecule is COC[C@H]1O[C@@H](n2ccc(=O)[nH]c2=O)[C@H](OC)[C@@H]1OP(=O)(O)O[C@H]1[C@@H](OC)[C@H](n2ccc(=O)[nH]c2=O)O[C@@H]1COC. The summed E-state index contributed by atoms with van der Waals surface area (Å²) in [4.78, 5) is 63.0. The van der Waals surface area contributed by atoms with Crippen LogP contribution in [0, 0.1) is 0 Å². The molecule has 41 heavy (non-hydrogen) atoms. The number of H-pyrrole nitrogens is 2. The molecule has 3 N–H and O–H groups in total. The minimum Gasteiger partial charge on any atom is -0.382 e. The summed E-state index contributed by atoms with van der Waals surface area (Å²) in [5.41, 5.74) is -2.87. The van der Waals surface area contributed by atoms with E-state index in [1.165, 1.54) is 40.8 Å². The summed E-state index contributed by atoms with van der Waals surface area (Å²) >= 11 is 0. The zero-order valence-corrected chi connectivity index (χ0v) is 23.3. The van der Waals surface area contributed by atoms with Gasteiger partial charge in [0.05, 0.1) is 13.2 Å². The Morgan fingerprint density at radius 3 is 1.46 bits per heavy atom. The fourth-order valence-electron chi connectivity index (χ4n) is 4.80. The Kier molecular flexibility index (Phi) is 9.91. The Bertz CT molecular complexity index is 1370. The van der Waals surface area contributed by atoms with Gasteiger partial charge in [-0.3, -0.25) is 37.7 Å². The van der Waals surface area contributed by atoms with Crippen LogP contribution in [0.3, 0.4) is 0 Å². The molecule has 19 heteroatoms. The average Bonchev–Trinajstić information content (AvgIpc) is 3.40. The summed E-state index contributed by atoms with van der Waals surface area (Å²) in [5, 5.41) is 0. The number of aromatic amines is 2. The monoisotopic (exact) mass is 606 g/mol. The van der Waals surface area contributed by atoms with Gasteiger partial charge < -0.3 is 33.3 Å². The zero-order valence-electron chi connectivity index (χ0n) is 22.4. The molecule has 2 fully saturated rings.